The van der Waals surface area contributed by atoms with E-state index in [9.17, 15) is 4.79 Å². The normalized spacial score (nSPS) is 29.5. The second kappa shape index (κ2) is 3.47. The van der Waals surface area contributed by atoms with Crippen molar-refractivity contribution < 1.29 is 4.79 Å². The summed E-state index contributed by atoms with van der Waals surface area (Å²) in [4.78, 5) is 15.8. The van der Waals surface area contributed by atoms with Crippen LogP contribution >= 0.6 is 0 Å². The van der Waals surface area contributed by atoms with Crippen molar-refractivity contribution >= 4 is 16.7 Å². The summed E-state index contributed by atoms with van der Waals surface area (Å²) in [5, 5.41) is 1.09. The van der Waals surface area contributed by atoms with E-state index >= 15 is 0 Å². The van der Waals surface area contributed by atoms with Crippen LogP contribution in [0.15, 0.2) is 24.4 Å². The van der Waals surface area contributed by atoms with Crippen molar-refractivity contribution in [2.24, 2.45) is 17.8 Å². The smallest absolute Gasteiger partial charge is 0.168 e. The van der Waals surface area contributed by atoms with Gasteiger partial charge in [-0.2, -0.15) is 0 Å². The van der Waals surface area contributed by atoms with Crippen LogP contribution in [-0.4, -0.2) is 10.8 Å². The summed E-state index contributed by atoms with van der Waals surface area (Å²) in [5.74, 6) is 2.11. The lowest BCUT2D eigenvalue weighted by Gasteiger charge is -2.02. The molecule has 2 saturated carbocycles. The van der Waals surface area contributed by atoms with E-state index in [1.165, 1.54) is 24.8 Å². The fourth-order valence-corrected chi connectivity index (χ4v) is 3.83. The molecule has 1 heterocycles. The van der Waals surface area contributed by atoms with E-state index in [-0.39, 0.29) is 0 Å². The van der Waals surface area contributed by atoms with Crippen LogP contribution in [-0.2, 0) is 0 Å². The van der Waals surface area contributed by atoms with Crippen molar-refractivity contribution in [3.05, 3.63) is 35.5 Å². The Morgan fingerprint density at radius 1 is 1.28 bits per heavy atom. The zero-order chi connectivity index (χ0) is 12.3. The summed E-state index contributed by atoms with van der Waals surface area (Å²) in [6, 6.07) is 6.27. The Hall–Kier alpha value is -1.57. The molecule has 1 N–H and O–H groups in total. The van der Waals surface area contributed by atoms with Crippen molar-refractivity contribution in [3.63, 3.8) is 0 Å². The zero-order valence-electron chi connectivity index (χ0n) is 10.6. The molecule has 2 aromatic rings. The van der Waals surface area contributed by atoms with E-state index < -0.39 is 0 Å². The number of ketones is 1. The number of aryl methyl sites for hydroxylation is 1. The van der Waals surface area contributed by atoms with Gasteiger partial charge in [0, 0.05) is 28.6 Å². The SMILES string of the molecule is Cc1ccc2c(C(=O)C3C4CCCC43)c[nH]c2c1. The first-order chi connectivity index (χ1) is 8.75. The van der Waals surface area contributed by atoms with Gasteiger partial charge in [0.1, 0.15) is 0 Å². The van der Waals surface area contributed by atoms with Crippen LogP contribution in [0.2, 0.25) is 0 Å². The number of hydrogen-bond donors (Lipinski definition) is 1. The highest BCUT2D eigenvalue weighted by Crippen LogP contribution is 2.58. The van der Waals surface area contributed by atoms with Gasteiger partial charge in [0.25, 0.3) is 0 Å². The van der Waals surface area contributed by atoms with Crippen LogP contribution < -0.4 is 0 Å². The maximum Gasteiger partial charge on any atom is 0.168 e. The molecule has 0 bridgehead atoms. The third-order valence-corrected chi connectivity index (χ3v) is 4.81. The van der Waals surface area contributed by atoms with Crippen molar-refractivity contribution in [1.82, 2.24) is 4.98 Å². The molecule has 92 valence electrons. The molecule has 18 heavy (non-hydrogen) atoms. The van der Waals surface area contributed by atoms with Crippen LogP contribution in [0.3, 0.4) is 0 Å². The summed E-state index contributed by atoms with van der Waals surface area (Å²) < 4.78 is 0. The number of carbonyl (C=O) groups excluding carboxylic acids is 1. The third-order valence-electron chi connectivity index (χ3n) is 4.81. The lowest BCUT2D eigenvalue weighted by Crippen LogP contribution is -2.05. The number of benzene rings is 1. The molecule has 2 aliphatic rings. The molecule has 0 amide bonds. The van der Waals surface area contributed by atoms with Gasteiger partial charge < -0.3 is 4.98 Å². The summed E-state index contributed by atoms with van der Waals surface area (Å²) in [6.45, 7) is 2.08. The summed E-state index contributed by atoms with van der Waals surface area (Å²) in [5.41, 5.74) is 3.22. The monoisotopic (exact) mass is 239 g/mol. The molecule has 4 rings (SSSR count). The second-order valence-electron chi connectivity index (χ2n) is 5.90. The lowest BCUT2D eigenvalue weighted by atomic mass is 10.0. The van der Waals surface area contributed by atoms with Gasteiger partial charge in [0.05, 0.1) is 0 Å². The maximum absolute atomic E-state index is 12.6. The number of aromatic nitrogens is 1. The molecule has 2 aliphatic carbocycles. The van der Waals surface area contributed by atoms with Crippen molar-refractivity contribution in [2.45, 2.75) is 26.2 Å². The molecular weight excluding hydrogens is 222 g/mol. The van der Waals surface area contributed by atoms with Gasteiger partial charge >= 0.3 is 0 Å². The number of aromatic amines is 1. The number of nitrogens with one attached hydrogen (secondary N) is 1. The highest BCUT2D eigenvalue weighted by Gasteiger charge is 2.56. The molecule has 2 atom stereocenters. The number of rotatable bonds is 2. The van der Waals surface area contributed by atoms with Crippen LogP contribution in [0.4, 0.5) is 0 Å². The first-order valence-electron chi connectivity index (χ1n) is 6.87. The van der Waals surface area contributed by atoms with E-state index in [0.29, 0.717) is 23.5 Å². The van der Waals surface area contributed by atoms with Gasteiger partial charge in [0.15, 0.2) is 5.78 Å². The molecule has 0 aliphatic heterocycles. The quantitative estimate of drug-likeness (QED) is 0.796. The zero-order valence-corrected chi connectivity index (χ0v) is 10.6. The fourth-order valence-electron chi connectivity index (χ4n) is 3.83. The fraction of sp³-hybridized carbons (Fsp3) is 0.438. The van der Waals surface area contributed by atoms with Crippen LogP contribution in [0.25, 0.3) is 10.9 Å². The molecule has 1 aromatic carbocycles. The molecule has 2 unspecified atom stereocenters. The highest BCUT2D eigenvalue weighted by atomic mass is 16.1. The van der Waals surface area contributed by atoms with Gasteiger partial charge in [-0.1, -0.05) is 18.6 Å². The Morgan fingerprint density at radius 3 is 2.83 bits per heavy atom. The molecule has 0 saturated heterocycles. The predicted molar refractivity (Wildman–Crippen MR) is 71.7 cm³/mol. The Morgan fingerprint density at radius 2 is 2.06 bits per heavy atom. The minimum absolute atomic E-state index is 0.332. The van der Waals surface area contributed by atoms with Crippen LogP contribution in [0.5, 0.6) is 0 Å². The first-order valence-corrected chi connectivity index (χ1v) is 6.87. The number of Topliss-reactive ketones (excluding diaryl/α,β-unsaturated/α-hetero) is 1. The topological polar surface area (TPSA) is 32.9 Å². The summed E-state index contributed by atoms with van der Waals surface area (Å²) in [6.07, 6.45) is 5.76. The maximum atomic E-state index is 12.6. The minimum atomic E-state index is 0.332. The number of fused-ring (bicyclic) bond motifs is 2. The predicted octanol–water partition coefficient (Wildman–Crippen LogP) is 3.71. The second-order valence-corrected chi connectivity index (χ2v) is 5.90. The number of H-pyrrole nitrogens is 1. The number of hydrogen-bond acceptors (Lipinski definition) is 1. The van der Waals surface area contributed by atoms with Crippen LogP contribution in [0.1, 0.15) is 35.2 Å². The molecule has 2 heteroatoms. The Kier molecular flexibility index (Phi) is 2.00. The van der Waals surface area contributed by atoms with Gasteiger partial charge in [0.2, 0.25) is 0 Å². The van der Waals surface area contributed by atoms with E-state index in [0.717, 1.165) is 16.5 Å². The van der Waals surface area contributed by atoms with E-state index in [1.54, 1.807) is 0 Å². The van der Waals surface area contributed by atoms with E-state index in [1.807, 2.05) is 6.20 Å². The molecule has 0 radical (unpaired) electrons. The minimum Gasteiger partial charge on any atom is -0.360 e. The van der Waals surface area contributed by atoms with E-state index in [4.69, 9.17) is 0 Å². The van der Waals surface area contributed by atoms with Gasteiger partial charge in [-0.15, -0.1) is 0 Å². The van der Waals surface area contributed by atoms with Gasteiger partial charge in [-0.05, 0) is 43.2 Å². The first kappa shape index (κ1) is 10.4. The third kappa shape index (κ3) is 1.32. The molecular formula is C16H17NO. The van der Waals surface area contributed by atoms with Crippen LogP contribution in [0, 0.1) is 24.7 Å². The standard InChI is InChI=1S/C16H17NO/c1-9-5-6-10-13(8-17-14(10)7-9)16(18)15-11-3-2-4-12(11)15/h5-8,11-12,15,17H,2-4H2,1H3. The average Bonchev–Trinajstić information content (AvgIpc) is 2.77. The molecule has 1 aromatic heterocycles. The van der Waals surface area contributed by atoms with Crippen molar-refractivity contribution in [2.75, 3.05) is 0 Å². The summed E-state index contributed by atoms with van der Waals surface area (Å²) >= 11 is 0. The number of carbonyl (C=O) groups is 1. The van der Waals surface area contributed by atoms with Gasteiger partial charge in [-0.3, -0.25) is 4.79 Å². The molecule has 2 fully saturated rings. The van der Waals surface area contributed by atoms with E-state index in [2.05, 4.69) is 30.1 Å². The Labute approximate surface area is 106 Å². The highest BCUT2D eigenvalue weighted by molar-refractivity contribution is 6.10. The summed E-state index contributed by atoms with van der Waals surface area (Å²) in [7, 11) is 0. The molecule has 2 nitrogen and oxygen atoms in total. The molecule has 0 spiro atoms. The van der Waals surface area contributed by atoms with Gasteiger partial charge in [-0.25, -0.2) is 0 Å². The largest absolute Gasteiger partial charge is 0.360 e. The van der Waals surface area contributed by atoms with Crippen molar-refractivity contribution in [1.29, 1.82) is 0 Å². The Bertz CT molecular complexity index is 630. The average molecular weight is 239 g/mol. The Balaban J connectivity index is 1.72. The lowest BCUT2D eigenvalue weighted by molar-refractivity contribution is 0.0953. The van der Waals surface area contributed by atoms with Crippen molar-refractivity contribution in [3.8, 4) is 0 Å².